The van der Waals surface area contributed by atoms with E-state index in [4.69, 9.17) is 11.5 Å². The highest BCUT2D eigenvalue weighted by molar-refractivity contribution is 5.85. The molecule has 0 atom stereocenters. The summed E-state index contributed by atoms with van der Waals surface area (Å²) in [6.07, 6.45) is 5.12. The first-order valence-corrected chi connectivity index (χ1v) is 3.55. The molecule has 0 aliphatic carbocycles. The zero-order chi connectivity index (χ0) is 9.78. The van der Waals surface area contributed by atoms with Crippen molar-refractivity contribution in [3.8, 4) is 12.3 Å². The summed E-state index contributed by atoms with van der Waals surface area (Å²) in [5.74, 6) is 1.53. The second-order valence-corrected chi connectivity index (χ2v) is 3.36. The van der Waals surface area contributed by atoms with Crippen molar-refractivity contribution in [3.63, 3.8) is 0 Å². The fourth-order valence-corrected chi connectivity index (χ4v) is 0.887. The molecule has 1 N–H and O–H groups in total. The van der Waals surface area contributed by atoms with Gasteiger partial charge in [-0.1, -0.05) is 6.58 Å². The molecular weight excluding hydrogens is 234 g/mol. The van der Waals surface area contributed by atoms with E-state index in [1.54, 1.807) is 0 Å². The minimum absolute atomic E-state index is 0. The maximum absolute atomic E-state index is 10.4. The van der Waals surface area contributed by atoms with Gasteiger partial charge in [-0.05, 0) is 5.92 Å². The number of quaternary nitrogens is 1. The lowest BCUT2D eigenvalue weighted by molar-refractivity contribution is -0.878. The van der Waals surface area contributed by atoms with E-state index >= 15 is 0 Å². The van der Waals surface area contributed by atoms with Gasteiger partial charge in [0.2, 0.25) is 0 Å². The fourth-order valence-electron chi connectivity index (χ4n) is 0.887. The third kappa shape index (κ3) is 6.38. The van der Waals surface area contributed by atoms with Crippen LogP contribution in [0.3, 0.4) is 0 Å². The van der Waals surface area contributed by atoms with Crippen LogP contribution < -0.4 is 17.0 Å². The Labute approximate surface area is 89.4 Å². The molecule has 0 bridgehead atoms. The third-order valence-corrected chi connectivity index (χ3v) is 1.44. The Morgan fingerprint density at radius 1 is 1.62 bits per heavy atom. The van der Waals surface area contributed by atoms with E-state index < -0.39 is 5.97 Å². The first kappa shape index (κ1) is 14.7. The number of halogens is 1. The lowest BCUT2D eigenvalue weighted by Crippen LogP contribution is -3.00. The van der Waals surface area contributed by atoms with Crippen molar-refractivity contribution < 1.29 is 31.4 Å². The monoisotopic (exact) mass is 247 g/mol. The van der Waals surface area contributed by atoms with Gasteiger partial charge in [0.05, 0.1) is 19.7 Å². The molecule has 0 radical (unpaired) electrons. The zero-order valence-corrected chi connectivity index (χ0v) is 9.47. The minimum atomic E-state index is -0.960. The van der Waals surface area contributed by atoms with E-state index in [0.29, 0.717) is 17.6 Å². The molecule has 0 fully saturated rings. The summed E-state index contributed by atoms with van der Waals surface area (Å²) in [7, 11) is 3.74. The predicted molar refractivity (Wildman–Crippen MR) is 47.5 cm³/mol. The summed E-state index contributed by atoms with van der Waals surface area (Å²) in [6, 6.07) is 0. The number of likely N-dealkylation sites (N-methyl/N-ethyl adjacent to an activating group) is 1. The van der Waals surface area contributed by atoms with E-state index in [1.165, 1.54) is 0 Å². The largest absolute Gasteiger partial charge is 1.00 e. The van der Waals surface area contributed by atoms with Crippen molar-refractivity contribution in [1.82, 2.24) is 0 Å². The Morgan fingerprint density at radius 3 is 2.38 bits per heavy atom. The second kappa shape index (κ2) is 5.79. The molecule has 3 nitrogen and oxygen atoms in total. The van der Waals surface area contributed by atoms with Gasteiger partial charge in [0.25, 0.3) is 0 Å². The first-order chi connectivity index (χ1) is 5.39. The van der Waals surface area contributed by atoms with Crippen molar-refractivity contribution in [1.29, 1.82) is 0 Å². The van der Waals surface area contributed by atoms with Crippen LogP contribution in [0.1, 0.15) is 0 Å². The minimum Gasteiger partial charge on any atom is -1.00 e. The number of hydrogen-bond acceptors (Lipinski definition) is 1. The molecule has 0 aromatic rings. The van der Waals surface area contributed by atoms with Gasteiger partial charge in [-0.3, -0.25) is 0 Å². The van der Waals surface area contributed by atoms with Gasteiger partial charge in [-0.15, -0.1) is 6.42 Å². The molecule has 0 rings (SSSR count). The molecule has 0 heterocycles. The average molecular weight is 248 g/mol. The van der Waals surface area contributed by atoms with E-state index in [-0.39, 0.29) is 22.6 Å². The highest BCUT2D eigenvalue weighted by atomic mass is 79.9. The summed E-state index contributed by atoms with van der Waals surface area (Å²) in [5, 5.41) is 8.55. The zero-order valence-electron chi connectivity index (χ0n) is 7.88. The van der Waals surface area contributed by atoms with Gasteiger partial charge in [0, 0.05) is 0 Å². The molecule has 0 saturated heterocycles. The number of rotatable bonds is 4. The summed E-state index contributed by atoms with van der Waals surface area (Å²) in [4.78, 5) is 10.4. The second-order valence-electron chi connectivity index (χ2n) is 3.36. The first-order valence-electron chi connectivity index (χ1n) is 3.55. The van der Waals surface area contributed by atoms with Crippen molar-refractivity contribution in [2.24, 2.45) is 0 Å². The van der Waals surface area contributed by atoms with Crippen LogP contribution in [0.5, 0.6) is 0 Å². The number of carboxylic acid groups (broad SMARTS) is 1. The Hall–Kier alpha value is -0.790. The molecule has 0 spiro atoms. The molecule has 0 aromatic heterocycles. The Morgan fingerprint density at radius 2 is 2.08 bits per heavy atom. The highest BCUT2D eigenvalue weighted by Gasteiger charge is 2.18. The molecule has 0 aliphatic rings. The number of hydrogen-bond donors (Lipinski definition) is 1. The smallest absolute Gasteiger partial charge is 0.336 e. The van der Waals surface area contributed by atoms with Crippen LogP contribution >= 0.6 is 0 Å². The molecule has 74 valence electrons. The molecule has 13 heavy (non-hydrogen) atoms. The number of carboxylic acids is 1. The molecule has 0 unspecified atom stereocenters. The van der Waals surface area contributed by atoms with Crippen LogP contribution in [-0.2, 0) is 4.79 Å². The van der Waals surface area contributed by atoms with Gasteiger partial charge in [0.1, 0.15) is 13.1 Å². The van der Waals surface area contributed by atoms with Crippen molar-refractivity contribution in [2.75, 3.05) is 27.2 Å². The van der Waals surface area contributed by atoms with Gasteiger partial charge >= 0.3 is 5.97 Å². The van der Waals surface area contributed by atoms with Crippen molar-refractivity contribution in [3.05, 3.63) is 12.2 Å². The summed E-state index contributed by atoms with van der Waals surface area (Å²) >= 11 is 0. The molecule has 0 aromatic carbocycles. The Bertz CT molecular complexity index is 240. The third-order valence-electron chi connectivity index (χ3n) is 1.44. The van der Waals surface area contributed by atoms with Crippen LogP contribution in [-0.4, -0.2) is 42.7 Å². The molecular formula is C9H14BrNO2. The number of terminal acetylenes is 1. The van der Waals surface area contributed by atoms with Crippen LogP contribution in [0.15, 0.2) is 12.2 Å². The SMILES string of the molecule is C#CC[N+](C)(C)CC(=C)C(=O)O.[Br-]. The van der Waals surface area contributed by atoms with Gasteiger partial charge in [0.15, 0.2) is 0 Å². The van der Waals surface area contributed by atoms with Crippen molar-refractivity contribution in [2.45, 2.75) is 0 Å². The van der Waals surface area contributed by atoms with E-state index in [0.717, 1.165) is 0 Å². The lowest BCUT2D eigenvalue weighted by atomic mass is 10.2. The predicted octanol–water partition coefficient (Wildman–Crippen LogP) is -2.66. The molecule has 4 heteroatoms. The standard InChI is InChI=1S/C9H13NO2.BrH/c1-5-6-10(3,4)7-8(2)9(11)12;/h1H,2,6-7H2,3-4H3;1H. The number of carbonyl (C=O) groups is 1. The van der Waals surface area contributed by atoms with Crippen molar-refractivity contribution >= 4 is 5.97 Å². The van der Waals surface area contributed by atoms with Crippen LogP contribution in [0.4, 0.5) is 0 Å². The Kier molecular flexibility index (Phi) is 6.55. The number of aliphatic carboxylic acids is 1. The topological polar surface area (TPSA) is 37.3 Å². The van der Waals surface area contributed by atoms with E-state index in [9.17, 15) is 4.79 Å². The average Bonchev–Trinajstić information content (AvgIpc) is 1.85. The fraction of sp³-hybridized carbons (Fsp3) is 0.444. The van der Waals surface area contributed by atoms with Crippen LogP contribution in [0.25, 0.3) is 0 Å². The van der Waals surface area contributed by atoms with Gasteiger partial charge in [-0.25, -0.2) is 4.79 Å². The maximum atomic E-state index is 10.4. The molecule has 0 saturated carbocycles. The number of nitrogens with zero attached hydrogens (tertiary/aromatic N) is 1. The highest BCUT2D eigenvalue weighted by Crippen LogP contribution is 2.02. The summed E-state index contributed by atoms with van der Waals surface area (Å²) in [5.41, 5.74) is 0.190. The maximum Gasteiger partial charge on any atom is 0.336 e. The van der Waals surface area contributed by atoms with Crippen LogP contribution in [0, 0.1) is 12.3 Å². The van der Waals surface area contributed by atoms with E-state index in [1.807, 2.05) is 14.1 Å². The summed E-state index contributed by atoms with van der Waals surface area (Å²) in [6.45, 7) is 4.32. The lowest BCUT2D eigenvalue weighted by Gasteiger charge is -2.27. The molecule has 0 amide bonds. The molecule has 0 aliphatic heterocycles. The normalized spacial score (nSPS) is 9.62. The quantitative estimate of drug-likeness (QED) is 0.335. The van der Waals surface area contributed by atoms with Gasteiger partial charge in [-0.2, -0.15) is 0 Å². The summed E-state index contributed by atoms with van der Waals surface area (Å²) < 4.78 is 0.460. The van der Waals surface area contributed by atoms with Crippen LogP contribution in [0.2, 0.25) is 0 Å². The van der Waals surface area contributed by atoms with E-state index in [2.05, 4.69) is 12.5 Å². The van der Waals surface area contributed by atoms with Gasteiger partial charge < -0.3 is 26.6 Å². The Balaban J connectivity index is 0.